The van der Waals surface area contributed by atoms with Gasteiger partial charge in [-0.05, 0) is 17.4 Å². The predicted molar refractivity (Wildman–Crippen MR) is 45.1 cm³/mol. The van der Waals surface area contributed by atoms with Crippen molar-refractivity contribution in [2.75, 3.05) is 0 Å². The fourth-order valence-electron chi connectivity index (χ4n) is 1.14. The third-order valence-corrected chi connectivity index (χ3v) is 2.86. The number of hydrogen-bond acceptors (Lipinski definition) is 2. The highest BCUT2D eigenvalue weighted by Crippen LogP contribution is 2.27. The molecule has 0 saturated carbocycles. The van der Waals surface area contributed by atoms with Crippen molar-refractivity contribution >= 4 is 21.0 Å². The molecule has 1 unspecified atom stereocenters. The molecule has 1 aromatic carbocycles. The van der Waals surface area contributed by atoms with Crippen LogP contribution >= 0.6 is 10.9 Å². The van der Waals surface area contributed by atoms with E-state index in [2.05, 4.69) is 4.37 Å². The molecule has 56 valence electrons. The molecule has 0 spiro atoms. The molecule has 0 aliphatic rings. The van der Waals surface area contributed by atoms with E-state index in [4.69, 9.17) is 0 Å². The van der Waals surface area contributed by atoms with Gasteiger partial charge < -0.3 is 4.55 Å². The van der Waals surface area contributed by atoms with Gasteiger partial charge in [-0.1, -0.05) is 12.1 Å². The van der Waals surface area contributed by atoms with Crippen LogP contribution in [0.15, 0.2) is 24.3 Å². The standard InChI is InChI=1S/C8H7NOS/c1-6-7-4-2-3-5-8(7)11(10)9-6/h2-5H,1H3. The van der Waals surface area contributed by atoms with Crippen LogP contribution in [0.5, 0.6) is 0 Å². The van der Waals surface area contributed by atoms with E-state index in [1.54, 1.807) is 0 Å². The molecule has 1 aromatic heterocycles. The van der Waals surface area contributed by atoms with Gasteiger partial charge in [-0.25, -0.2) is 0 Å². The third-order valence-electron chi connectivity index (χ3n) is 1.68. The van der Waals surface area contributed by atoms with Crippen molar-refractivity contribution in [1.82, 2.24) is 4.37 Å². The first-order chi connectivity index (χ1) is 5.29. The zero-order valence-electron chi connectivity index (χ0n) is 6.07. The van der Waals surface area contributed by atoms with Crippen LogP contribution in [-0.4, -0.2) is 8.93 Å². The first kappa shape index (κ1) is 6.76. The van der Waals surface area contributed by atoms with E-state index in [0.717, 1.165) is 15.8 Å². The lowest BCUT2D eigenvalue weighted by atomic mass is 10.2. The monoisotopic (exact) mass is 165 g/mol. The van der Waals surface area contributed by atoms with Crippen LogP contribution in [-0.2, 0) is 0 Å². The molecule has 0 amide bonds. The first-order valence-corrected chi connectivity index (χ1v) is 4.46. The van der Waals surface area contributed by atoms with Crippen LogP contribution in [0.25, 0.3) is 10.1 Å². The highest BCUT2D eigenvalue weighted by Gasteiger charge is 2.09. The largest absolute Gasteiger partial charge is 0.568 e. The van der Waals surface area contributed by atoms with E-state index < -0.39 is 10.9 Å². The molecule has 1 atom stereocenters. The van der Waals surface area contributed by atoms with Gasteiger partial charge in [0.2, 0.25) is 4.70 Å². The molecule has 0 fully saturated rings. The zero-order valence-corrected chi connectivity index (χ0v) is 6.89. The van der Waals surface area contributed by atoms with Crippen molar-refractivity contribution in [3.05, 3.63) is 30.0 Å². The van der Waals surface area contributed by atoms with Crippen molar-refractivity contribution in [3.8, 4) is 0 Å². The van der Waals surface area contributed by atoms with E-state index in [-0.39, 0.29) is 0 Å². The SMILES string of the molecule is Cc1n[s+]([O-])c2ccccc12. The molecule has 2 nitrogen and oxygen atoms in total. The molecule has 0 radical (unpaired) electrons. The number of rotatable bonds is 0. The maximum Gasteiger partial charge on any atom is 0.206 e. The number of fused-ring (bicyclic) bond motifs is 1. The molecule has 2 rings (SSSR count). The molecule has 0 N–H and O–H groups in total. The van der Waals surface area contributed by atoms with Crippen LogP contribution in [0.1, 0.15) is 5.69 Å². The molecular weight excluding hydrogens is 158 g/mol. The Bertz CT molecular complexity index is 358. The minimum absolute atomic E-state index is 0.838. The lowest BCUT2D eigenvalue weighted by molar-refractivity contribution is 0.593. The smallest absolute Gasteiger partial charge is 0.206 e. The van der Waals surface area contributed by atoms with Gasteiger partial charge in [0.15, 0.2) is 0 Å². The van der Waals surface area contributed by atoms with Gasteiger partial charge in [0.05, 0.1) is 16.3 Å². The molecule has 11 heavy (non-hydrogen) atoms. The molecular formula is C8H7NOS. The summed E-state index contributed by atoms with van der Waals surface area (Å²) in [7, 11) is -1.14. The number of hydrogen-bond donors (Lipinski definition) is 0. The van der Waals surface area contributed by atoms with Crippen molar-refractivity contribution < 1.29 is 4.55 Å². The number of benzene rings is 1. The van der Waals surface area contributed by atoms with Gasteiger partial charge in [-0.15, -0.1) is 0 Å². The van der Waals surface area contributed by atoms with Crippen molar-refractivity contribution in [2.24, 2.45) is 0 Å². The Morgan fingerprint density at radius 3 is 2.82 bits per heavy atom. The molecule has 3 heteroatoms. The Kier molecular flexibility index (Phi) is 1.41. The Hall–Kier alpha value is -0.930. The van der Waals surface area contributed by atoms with E-state index in [0.29, 0.717) is 0 Å². The van der Waals surface area contributed by atoms with E-state index >= 15 is 0 Å². The Morgan fingerprint density at radius 1 is 1.36 bits per heavy atom. The van der Waals surface area contributed by atoms with Gasteiger partial charge >= 0.3 is 0 Å². The first-order valence-electron chi connectivity index (χ1n) is 3.35. The molecule has 0 saturated heterocycles. The second kappa shape index (κ2) is 2.29. The lowest BCUT2D eigenvalue weighted by Crippen LogP contribution is -1.66. The van der Waals surface area contributed by atoms with E-state index in [9.17, 15) is 4.55 Å². The topological polar surface area (TPSA) is 36.0 Å². The quantitative estimate of drug-likeness (QED) is 0.561. The van der Waals surface area contributed by atoms with Crippen molar-refractivity contribution in [1.29, 1.82) is 0 Å². The normalized spacial score (nSPS) is 12.4. The molecule has 0 bridgehead atoms. The Morgan fingerprint density at radius 2 is 2.09 bits per heavy atom. The molecule has 0 aliphatic heterocycles. The highest BCUT2D eigenvalue weighted by atomic mass is 32.2. The van der Waals surface area contributed by atoms with E-state index in [1.165, 1.54) is 0 Å². The summed E-state index contributed by atoms with van der Waals surface area (Å²) in [6.07, 6.45) is 0. The zero-order chi connectivity index (χ0) is 7.84. The average Bonchev–Trinajstić information content (AvgIpc) is 2.30. The van der Waals surface area contributed by atoms with E-state index in [1.807, 2.05) is 31.2 Å². The summed E-state index contributed by atoms with van der Waals surface area (Å²) in [5.41, 5.74) is 0.874. The average molecular weight is 165 g/mol. The predicted octanol–water partition coefficient (Wildman–Crippen LogP) is 2.27. The minimum Gasteiger partial charge on any atom is -0.568 e. The Balaban J connectivity index is 2.95. The second-order valence-electron chi connectivity index (χ2n) is 2.42. The summed E-state index contributed by atoms with van der Waals surface area (Å²) in [4.78, 5) is 0. The number of aromatic nitrogens is 1. The fraction of sp³-hybridized carbons (Fsp3) is 0.125. The van der Waals surface area contributed by atoms with Crippen molar-refractivity contribution in [2.45, 2.75) is 6.92 Å². The molecule has 1 heterocycles. The van der Waals surface area contributed by atoms with Gasteiger partial charge in [-0.3, -0.25) is 0 Å². The van der Waals surface area contributed by atoms with Crippen LogP contribution in [0.4, 0.5) is 0 Å². The lowest BCUT2D eigenvalue weighted by Gasteiger charge is -1.83. The van der Waals surface area contributed by atoms with Crippen molar-refractivity contribution in [3.63, 3.8) is 0 Å². The summed E-state index contributed by atoms with van der Waals surface area (Å²) in [6.45, 7) is 1.88. The minimum atomic E-state index is -1.14. The summed E-state index contributed by atoms with van der Waals surface area (Å²) < 4.78 is 16.0. The maximum absolute atomic E-state index is 11.2. The maximum atomic E-state index is 11.2. The second-order valence-corrected chi connectivity index (χ2v) is 3.54. The number of aryl methyl sites for hydroxylation is 1. The van der Waals surface area contributed by atoms with Gasteiger partial charge in [0.25, 0.3) is 0 Å². The van der Waals surface area contributed by atoms with Crippen LogP contribution in [0.3, 0.4) is 0 Å². The third kappa shape index (κ3) is 0.931. The summed E-state index contributed by atoms with van der Waals surface area (Å²) >= 11 is 0. The number of nitrogens with zero attached hydrogens (tertiary/aromatic N) is 1. The van der Waals surface area contributed by atoms with Crippen LogP contribution < -0.4 is 0 Å². The van der Waals surface area contributed by atoms with Gasteiger partial charge in [0.1, 0.15) is 5.69 Å². The fourth-order valence-corrected chi connectivity index (χ4v) is 2.18. The summed E-state index contributed by atoms with van der Waals surface area (Å²) in [5, 5.41) is 1.02. The highest BCUT2D eigenvalue weighted by molar-refractivity contribution is 7.26. The summed E-state index contributed by atoms with van der Waals surface area (Å²) in [5.74, 6) is 0. The van der Waals surface area contributed by atoms with Crippen LogP contribution in [0.2, 0.25) is 0 Å². The Labute approximate surface area is 67.5 Å². The summed E-state index contributed by atoms with van der Waals surface area (Å²) in [6, 6.07) is 7.61. The van der Waals surface area contributed by atoms with Gasteiger partial charge in [-0.2, -0.15) is 0 Å². The molecule has 0 aliphatic carbocycles. The molecule has 2 aromatic rings. The van der Waals surface area contributed by atoms with Gasteiger partial charge in [0, 0.05) is 6.07 Å². The van der Waals surface area contributed by atoms with Crippen LogP contribution in [0, 0.1) is 6.92 Å².